The summed E-state index contributed by atoms with van der Waals surface area (Å²) in [7, 11) is -1.66. The topological polar surface area (TPSA) is 46.2 Å². The van der Waals surface area contributed by atoms with Crippen LogP contribution in [0.2, 0.25) is 51.9 Å². The molecular weight excluding hydrogens is 344 g/mol. The van der Waals surface area contributed by atoms with E-state index in [1.165, 1.54) is 0 Å². The fourth-order valence-electron chi connectivity index (χ4n) is 1.96. The Balaban J connectivity index is 4.18. The van der Waals surface area contributed by atoms with Gasteiger partial charge in [-0.3, -0.25) is 0 Å². The molecule has 1 unspecified atom stereocenters. The summed E-state index contributed by atoms with van der Waals surface area (Å²) in [6.07, 6.45) is 0.973. The maximum absolute atomic E-state index is 6.19. The lowest BCUT2D eigenvalue weighted by Gasteiger charge is -2.29. The van der Waals surface area contributed by atoms with Crippen LogP contribution >= 0.6 is 0 Å². The monoisotopic (exact) mass is 382 g/mol. The molecule has 0 radical (unpaired) electrons. The first-order valence-electron chi connectivity index (χ1n) is 8.40. The van der Waals surface area contributed by atoms with Crippen LogP contribution in [0.15, 0.2) is 0 Å². The van der Waals surface area contributed by atoms with Gasteiger partial charge in [0.25, 0.3) is 0 Å². The molecule has 5 nitrogen and oxygen atoms in total. The van der Waals surface area contributed by atoms with Crippen LogP contribution in [0.4, 0.5) is 0 Å². The van der Waals surface area contributed by atoms with E-state index in [-0.39, 0.29) is 6.10 Å². The van der Waals surface area contributed by atoms with Crippen LogP contribution in [0.5, 0.6) is 0 Å². The molecule has 0 saturated heterocycles. The van der Waals surface area contributed by atoms with Crippen LogP contribution in [0.25, 0.3) is 0 Å². The normalized spacial score (nSPS) is 15.0. The van der Waals surface area contributed by atoms with Crippen LogP contribution in [-0.4, -0.2) is 65.3 Å². The Labute approximate surface area is 146 Å². The van der Waals surface area contributed by atoms with Crippen molar-refractivity contribution in [2.75, 3.05) is 34.0 Å². The van der Waals surface area contributed by atoms with Crippen molar-refractivity contribution < 1.29 is 22.4 Å². The van der Waals surface area contributed by atoms with Crippen LogP contribution in [0.1, 0.15) is 6.42 Å². The second-order valence-electron chi connectivity index (χ2n) is 8.00. The minimum absolute atomic E-state index is 0.0295. The number of rotatable bonds is 13. The summed E-state index contributed by atoms with van der Waals surface area (Å²) in [4.78, 5) is 0. The van der Waals surface area contributed by atoms with Gasteiger partial charge in [0.2, 0.25) is 0 Å². The van der Waals surface area contributed by atoms with Crippen molar-refractivity contribution in [2.45, 2.75) is 64.4 Å². The Morgan fingerprint density at radius 3 is 1.78 bits per heavy atom. The first kappa shape index (κ1) is 23.5. The molecule has 0 aromatic rings. The second kappa shape index (κ2) is 10.4. The maximum atomic E-state index is 6.19. The second-order valence-corrected chi connectivity index (χ2v) is 20.6. The van der Waals surface area contributed by atoms with E-state index in [0.29, 0.717) is 19.8 Å². The van der Waals surface area contributed by atoms with Crippen molar-refractivity contribution in [2.24, 2.45) is 0 Å². The van der Waals surface area contributed by atoms with Crippen LogP contribution in [0.3, 0.4) is 0 Å². The third-order valence-corrected chi connectivity index (χ3v) is 8.37. The third kappa shape index (κ3) is 13.4. The Hall–Kier alpha value is 0.451. The fourth-order valence-corrected chi connectivity index (χ4v) is 5.14. The average molecular weight is 383 g/mol. The molecular formula is C15H38O5Si3. The van der Waals surface area contributed by atoms with Gasteiger partial charge in [0.1, 0.15) is 0 Å². The molecule has 8 heteroatoms. The Kier molecular flexibility index (Phi) is 10.6. The highest BCUT2D eigenvalue weighted by molar-refractivity contribution is 6.70. The van der Waals surface area contributed by atoms with Gasteiger partial charge in [-0.05, 0) is 58.3 Å². The predicted molar refractivity (Wildman–Crippen MR) is 103 cm³/mol. The molecule has 0 fully saturated rings. The minimum atomic E-state index is -1.98. The van der Waals surface area contributed by atoms with Crippen molar-refractivity contribution in [3.8, 4) is 0 Å². The van der Waals surface area contributed by atoms with Crippen LogP contribution in [0, 0.1) is 0 Å². The van der Waals surface area contributed by atoms with E-state index in [2.05, 4.69) is 45.8 Å². The van der Waals surface area contributed by atoms with Gasteiger partial charge in [-0.2, -0.15) is 0 Å². The molecule has 0 aliphatic heterocycles. The molecule has 0 aromatic heterocycles. The van der Waals surface area contributed by atoms with Gasteiger partial charge in [0.05, 0.1) is 19.3 Å². The molecule has 0 aliphatic carbocycles. The zero-order valence-electron chi connectivity index (χ0n) is 16.7. The number of hydrogen-bond donors (Lipinski definition) is 0. The SMILES string of the molecule is CO[Si](C)(CCCOCC(CO[Si](C)(C)C)O[Si](C)(C)C)OC. The lowest BCUT2D eigenvalue weighted by atomic mass is 10.4. The van der Waals surface area contributed by atoms with E-state index in [1.54, 1.807) is 14.2 Å². The van der Waals surface area contributed by atoms with Crippen LogP contribution in [-0.2, 0) is 22.4 Å². The first-order valence-corrected chi connectivity index (χ1v) is 17.7. The molecule has 1 atom stereocenters. The Bertz CT molecular complexity index is 311. The van der Waals surface area contributed by atoms with E-state index in [1.807, 2.05) is 0 Å². The quantitative estimate of drug-likeness (QED) is 0.358. The summed E-state index contributed by atoms with van der Waals surface area (Å²) in [5, 5.41) is 0. The van der Waals surface area contributed by atoms with Gasteiger partial charge >= 0.3 is 8.56 Å². The standard InChI is InChI=1S/C15H38O5Si3/c1-16-23(9,17-2)12-10-11-18-13-15(20-22(6,7)8)14-19-21(3,4)5/h15H,10-14H2,1-9H3. The first-order chi connectivity index (χ1) is 10.4. The van der Waals surface area contributed by atoms with E-state index >= 15 is 0 Å². The summed E-state index contributed by atoms with van der Waals surface area (Å²) in [5.74, 6) is 0. The minimum Gasteiger partial charge on any atom is -0.415 e. The van der Waals surface area contributed by atoms with Gasteiger partial charge in [0.15, 0.2) is 16.6 Å². The summed E-state index contributed by atoms with van der Waals surface area (Å²) in [5.41, 5.74) is 0. The van der Waals surface area contributed by atoms with Gasteiger partial charge in [0, 0.05) is 20.8 Å². The molecule has 0 amide bonds. The van der Waals surface area contributed by atoms with Gasteiger partial charge < -0.3 is 22.4 Å². The smallest absolute Gasteiger partial charge is 0.334 e. The highest BCUT2D eigenvalue weighted by Crippen LogP contribution is 2.15. The molecule has 0 heterocycles. The molecule has 0 N–H and O–H groups in total. The van der Waals surface area contributed by atoms with Crippen molar-refractivity contribution in [1.82, 2.24) is 0 Å². The number of ether oxygens (including phenoxy) is 1. The van der Waals surface area contributed by atoms with Crippen LogP contribution < -0.4 is 0 Å². The summed E-state index contributed by atoms with van der Waals surface area (Å²) in [6, 6.07) is 0.935. The van der Waals surface area contributed by atoms with Crippen molar-refractivity contribution in [3.05, 3.63) is 0 Å². The summed E-state index contributed by atoms with van der Waals surface area (Å²) in [6.45, 7) is 17.2. The third-order valence-electron chi connectivity index (χ3n) is 3.31. The van der Waals surface area contributed by atoms with E-state index < -0.39 is 25.2 Å². The summed E-state index contributed by atoms with van der Waals surface area (Å²) < 4.78 is 29.0. The Morgan fingerprint density at radius 2 is 1.35 bits per heavy atom. The van der Waals surface area contributed by atoms with E-state index in [9.17, 15) is 0 Å². The molecule has 0 saturated carbocycles. The highest BCUT2D eigenvalue weighted by atomic mass is 28.4. The average Bonchev–Trinajstić information content (AvgIpc) is 2.41. The fraction of sp³-hybridized carbons (Fsp3) is 1.00. The highest BCUT2D eigenvalue weighted by Gasteiger charge is 2.28. The van der Waals surface area contributed by atoms with Crippen molar-refractivity contribution >= 4 is 25.2 Å². The molecule has 0 aliphatic rings. The van der Waals surface area contributed by atoms with Crippen molar-refractivity contribution in [1.29, 1.82) is 0 Å². The molecule has 0 bridgehead atoms. The molecule has 23 heavy (non-hydrogen) atoms. The lowest BCUT2D eigenvalue weighted by Crippen LogP contribution is -2.40. The van der Waals surface area contributed by atoms with E-state index in [4.69, 9.17) is 22.4 Å². The molecule has 0 aromatic carbocycles. The molecule has 140 valence electrons. The zero-order valence-corrected chi connectivity index (χ0v) is 19.7. The van der Waals surface area contributed by atoms with Gasteiger partial charge in [-0.25, -0.2) is 0 Å². The molecule has 0 spiro atoms. The van der Waals surface area contributed by atoms with E-state index in [0.717, 1.165) is 12.5 Å². The van der Waals surface area contributed by atoms with Gasteiger partial charge in [-0.1, -0.05) is 0 Å². The molecule has 0 rings (SSSR count). The Morgan fingerprint density at radius 1 is 0.783 bits per heavy atom. The largest absolute Gasteiger partial charge is 0.415 e. The van der Waals surface area contributed by atoms with Crippen molar-refractivity contribution in [3.63, 3.8) is 0 Å². The van der Waals surface area contributed by atoms with Gasteiger partial charge in [-0.15, -0.1) is 0 Å². The lowest BCUT2D eigenvalue weighted by molar-refractivity contribution is 0.0200. The predicted octanol–water partition coefficient (Wildman–Crippen LogP) is 3.83. The zero-order chi connectivity index (χ0) is 18.1. The maximum Gasteiger partial charge on any atom is 0.334 e. The summed E-state index contributed by atoms with van der Waals surface area (Å²) >= 11 is 0. The number of hydrogen-bond acceptors (Lipinski definition) is 5.